The zero-order chi connectivity index (χ0) is 14.4. The molecule has 0 radical (unpaired) electrons. The molecule has 0 spiro atoms. The Balaban J connectivity index is 0.00000220. The van der Waals surface area contributed by atoms with Gasteiger partial charge in [-0.25, -0.2) is 9.13 Å². The van der Waals surface area contributed by atoms with Gasteiger partial charge in [0.05, 0.1) is 0 Å². The van der Waals surface area contributed by atoms with E-state index in [2.05, 4.69) is 28.8 Å². The van der Waals surface area contributed by atoms with E-state index in [9.17, 15) is 4.79 Å². The van der Waals surface area contributed by atoms with Gasteiger partial charge >= 0.3 is 5.97 Å². The molecule has 1 N–H and O–H groups in total. The molecule has 120 valence electrons. The molecule has 0 aliphatic carbocycles. The van der Waals surface area contributed by atoms with Crippen LogP contribution < -0.4 is 43.1 Å². The highest BCUT2D eigenvalue weighted by molar-refractivity contribution is 5.66. The minimum absolute atomic E-state index is 0. The monoisotopic (exact) mass is 430 g/mol. The number of aryl methyl sites for hydroxylation is 2. The van der Waals surface area contributed by atoms with Gasteiger partial charge in [0.25, 0.3) is 0 Å². The van der Waals surface area contributed by atoms with Crippen LogP contribution in [0.4, 0.5) is 0 Å². The fourth-order valence-electron chi connectivity index (χ4n) is 2.06. The first-order chi connectivity index (χ1) is 9.65. The third-order valence-electron chi connectivity index (χ3n) is 3.26. The van der Waals surface area contributed by atoms with Gasteiger partial charge < -0.3 is 39.1 Å². The van der Waals surface area contributed by atoms with Crippen molar-refractivity contribution in [3.8, 4) is 11.1 Å². The van der Waals surface area contributed by atoms with Gasteiger partial charge in [0.2, 0.25) is 0 Å². The number of aliphatic carboxylic acids is 1. The molecule has 0 fully saturated rings. The summed E-state index contributed by atoms with van der Waals surface area (Å²) in [4.78, 5) is 10.4. The van der Waals surface area contributed by atoms with E-state index < -0.39 is 5.97 Å². The lowest BCUT2D eigenvalue weighted by molar-refractivity contribution is -0.697. The van der Waals surface area contributed by atoms with E-state index in [0.717, 1.165) is 19.4 Å². The first-order valence-electron chi connectivity index (χ1n) is 6.82. The number of halogens is 2. The Morgan fingerprint density at radius 1 is 0.955 bits per heavy atom. The molecule has 0 aliphatic heterocycles. The zero-order valence-electron chi connectivity index (χ0n) is 12.5. The fourth-order valence-corrected chi connectivity index (χ4v) is 2.06. The lowest BCUT2D eigenvalue weighted by atomic mass is 10.1. The normalized spacial score (nSPS) is 9.50. The van der Waals surface area contributed by atoms with Crippen molar-refractivity contribution in [2.45, 2.75) is 25.8 Å². The van der Waals surface area contributed by atoms with Gasteiger partial charge in [0, 0.05) is 37.1 Å². The number of rotatable bonds is 6. The average Bonchev–Trinajstić information content (AvgIpc) is 2.45. The van der Waals surface area contributed by atoms with Crippen molar-refractivity contribution >= 4 is 5.97 Å². The summed E-state index contributed by atoms with van der Waals surface area (Å²) in [6, 6.07) is 8.36. The van der Waals surface area contributed by atoms with Crippen LogP contribution in [0.1, 0.15) is 19.3 Å². The number of carboxylic acid groups (broad SMARTS) is 1. The van der Waals surface area contributed by atoms with Crippen molar-refractivity contribution in [1.82, 2.24) is 0 Å². The highest BCUT2D eigenvalue weighted by atomic mass is 79.9. The second kappa shape index (κ2) is 10.5. The molecular weight excluding hydrogens is 412 g/mol. The molecule has 2 heterocycles. The summed E-state index contributed by atoms with van der Waals surface area (Å²) < 4.78 is 4.10. The van der Waals surface area contributed by atoms with E-state index in [1.165, 1.54) is 11.1 Å². The molecule has 2 aromatic rings. The van der Waals surface area contributed by atoms with Crippen LogP contribution in [0, 0.1) is 0 Å². The smallest absolute Gasteiger partial charge is 0.303 e. The van der Waals surface area contributed by atoms with Gasteiger partial charge in [-0.1, -0.05) is 0 Å². The first kappa shape index (κ1) is 20.7. The van der Waals surface area contributed by atoms with Crippen LogP contribution in [-0.2, 0) is 18.4 Å². The van der Waals surface area contributed by atoms with Crippen molar-refractivity contribution in [1.29, 1.82) is 0 Å². The number of carbonyl (C=O) groups is 1. The molecule has 0 aromatic carbocycles. The van der Waals surface area contributed by atoms with Crippen molar-refractivity contribution in [3.05, 3.63) is 49.1 Å². The third kappa shape index (κ3) is 6.66. The Hall–Kier alpha value is -1.27. The number of nitrogens with zero attached hydrogens (tertiary/aromatic N) is 2. The van der Waals surface area contributed by atoms with Crippen LogP contribution >= 0.6 is 0 Å². The molecule has 0 amide bonds. The Kier molecular flexibility index (Phi) is 9.85. The number of hydrogen-bond acceptors (Lipinski definition) is 1. The molecule has 0 aliphatic rings. The molecule has 2 aromatic heterocycles. The lowest BCUT2D eigenvalue weighted by Gasteiger charge is -2.00. The highest BCUT2D eigenvalue weighted by Gasteiger charge is 2.05. The molecule has 0 atom stereocenters. The molecule has 4 nitrogen and oxygen atoms in total. The SMILES string of the molecule is C[n+]1ccc(-c2cc[n+](CCCCC(=O)O)cc2)cc1.[Br-].[Br-]. The van der Waals surface area contributed by atoms with Crippen molar-refractivity contribution in [3.63, 3.8) is 0 Å². The van der Waals surface area contributed by atoms with Crippen LogP contribution in [0.2, 0.25) is 0 Å². The van der Waals surface area contributed by atoms with E-state index in [1.54, 1.807) is 0 Å². The number of carboxylic acids is 1. The van der Waals surface area contributed by atoms with Crippen molar-refractivity contribution < 1.29 is 53.0 Å². The Labute approximate surface area is 152 Å². The summed E-state index contributed by atoms with van der Waals surface area (Å²) in [6.07, 6.45) is 10.0. The Bertz CT molecular complexity index is 572. The van der Waals surface area contributed by atoms with Gasteiger partial charge in [-0.05, 0) is 17.5 Å². The predicted octanol–water partition coefficient (Wildman–Crippen LogP) is -4.27. The number of pyridine rings is 2. The molecular formula is C16H20Br2N2O2. The maximum Gasteiger partial charge on any atom is 0.303 e. The summed E-state index contributed by atoms with van der Waals surface area (Å²) in [5.74, 6) is -0.720. The topological polar surface area (TPSA) is 45.1 Å². The number of aromatic nitrogens is 2. The Morgan fingerprint density at radius 3 is 1.95 bits per heavy atom. The van der Waals surface area contributed by atoms with E-state index in [-0.39, 0.29) is 40.4 Å². The predicted molar refractivity (Wildman–Crippen MR) is 74.7 cm³/mol. The number of unbranched alkanes of at least 4 members (excludes halogenated alkanes) is 1. The van der Waals surface area contributed by atoms with Gasteiger partial charge in [-0.2, -0.15) is 0 Å². The Morgan fingerprint density at radius 2 is 1.45 bits per heavy atom. The van der Waals surface area contributed by atoms with E-state index in [1.807, 2.05) is 36.4 Å². The summed E-state index contributed by atoms with van der Waals surface area (Å²) in [7, 11) is 2.00. The van der Waals surface area contributed by atoms with Crippen LogP contribution in [0.25, 0.3) is 11.1 Å². The second-order valence-corrected chi connectivity index (χ2v) is 4.93. The van der Waals surface area contributed by atoms with Crippen molar-refractivity contribution in [2.75, 3.05) is 0 Å². The minimum atomic E-state index is -0.720. The van der Waals surface area contributed by atoms with Gasteiger partial charge in [-0.15, -0.1) is 0 Å². The molecule has 6 heteroatoms. The van der Waals surface area contributed by atoms with Gasteiger partial charge in [-0.3, -0.25) is 4.79 Å². The lowest BCUT2D eigenvalue weighted by Crippen LogP contribution is -3.00. The summed E-state index contributed by atoms with van der Waals surface area (Å²) >= 11 is 0. The van der Waals surface area contributed by atoms with E-state index in [4.69, 9.17) is 5.11 Å². The summed E-state index contributed by atoms with van der Waals surface area (Å²) in [5.41, 5.74) is 2.38. The van der Waals surface area contributed by atoms with E-state index >= 15 is 0 Å². The van der Waals surface area contributed by atoms with E-state index in [0.29, 0.717) is 0 Å². The van der Waals surface area contributed by atoms with Gasteiger partial charge in [0.1, 0.15) is 13.6 Å². The maximum absolute atomic E-state index is 10.4. The highest BCUT2D eigenvalue weighted by Crippen LogP contribution is 2.15. The minimum Gasteiger partial charge on any atom is -1.00 e. The van der Waals surface area contributed by atoms with Gasteiger partial charge in [0.15, 0.2) is 24.8 Å². The number of hydrogen-bond donors (Lipinski definition) is 1. The maximum atomic E-state index is 10.4. The standard InChI is InChI=1S/C16H19N2O2.2BrH/c1-17-10-5-14(6-11-17)15-7-12-18(13-8-15)9-3-2-4-16(19)20;;/h5-8,10-13H,2-4,9H2,1H3;2*1H/q+1;;/p-1. The van der Waals surface area contributed by atoms with Crippen molar-refractivity contribution in [2.24, 2.45) is 7.05 Å². The molecule has 0 bridgehead atoms. The van der Waals surface area contributed by atoms with Crippen LogP contribution in [0.15, 0.2) is 49.1 Å². The zero-order valence-corrected chi connectivity index (χ0v) is 15.6. The molecule has 0 saturated heterocycles. The molecule has 0 unspecified atom stereocenters. The second-order valence-electron chi connectivity index (χ2n) is 4.93. The van der Waals surface area contributed by atoms with Crippen LogP contribution in [0.3, 0.4) is 0 Å². The molecule has 22 heavy (non-hydrogen) atoms. The van der Waals surface area contributed by atoms with Crippen LogP contribution in [0.5, 0.6) is 0 Å². The first-order valence-corrected chi connectivity index (χ1v) is 6.82. The fraction of sp³-hybridized carbons (Fsp3) is 0.312. The quantitative estimate of drug-likeness (QED) is 0.372. The summed E-state index contributed by atoms with van der Waals surface area (Å²) in [5, 5.41) is 8.58. The molecule has 0 saturated carbocycles. The largest absolute Gasteiger partial charge is 1.00 e. The summed E-state index contributed by atoms with van der Waals surface area (Å²) in [6.45, 7) is 0.858. The third-order valence-corrected chi connectivity index (χ3v) is 3.26. The average molecular weight is 432 g/mol. The molecule has 2 rings (SSSR count). The van der Waals surface area contributed by atoms with Crippen LogP contribution in [-0.4, -0.2) is 11.1 Å².